The van der Waals surface area contributed by atoms with Gasteiger partial charge in [-0.2, -0.15) is 0 Å². The quantitative estimate of drug-likeness (QED) is 0.853. The molecule has 1 saturated heterocycles. The second-order valence-electron chi connectivity index (χ2n) is 5.64. The molecule has 110 valence electrons. The Morgan fingerprint density at radius 3 is 2.86 bits per heavy atom. The third-order valence-corrected chi connectivity index (χ3v) is 4.19. The fraction of sp³-hybridized carbons (Fsp3) is 0.400. The molecule has 1 fully saturated rings. The Balaban J connectivity index is 1.88. The zero-order chi connectivity index (χ0) is 15.1. The van der Waals surface area contributed by atoms with E-state index in [0.29, 0.717) is 18.5 Å². The highest BCUT2D eigenvalue weighted by Gasteiger charge is 2.39. The molecular formula is C15H16N2O4. The molecule has 0 radical (unpaired) electrons. The Morgan fingerprint density at radius 1 is 1.38 bits per heavy atom. The molecular weight excluding hydrogens is 272 g/mol. The van der Waals surface area contributed by atoms with Gasteiger partial charge >= 0.3 is 5.97 Å². The zero-order valence-corrected chi connectivity index (χ0v) is 11.6. The van der Waals surface area contributed by atoms with Crippen LogP contribution in [0.2, 0.25) is 0 Å². The van der Waals surface area contributed by atoms with Crippen LogP contribution < -0.4 is 5.32 Å². The lowest BCUT2D eigenvalue weighted by Gasteiger charge is -2.23. The summed E-state index contributed by atoms with van der Waals surface area (Å²) in [6, 6.07) is 4.24. The smallest absolute Gasteiger partial charge is 0.326 e. The summed E-state index contributed by atoms with van der Waals surface area (Å²) < 4.78 is 0. The first-order valence-electron chi connectivity index (χ1n) is 6.94. The third-order valence-electron chi connectivity index (χ3n) is 4.19. The molecule has 3 rings (SSSR count). The van der Waals surface area contributed by atoms with Gasteiger partial charge < -0.3 is 15.3 Å². The van der Waals surface area contributed by atoms with Gasteiger partial charge in [-0.1, -0.05) is 6.92 Å². The molecule has 2 aliphatic rings. The molecule has 2 aliphatic heterocycles. The summed E-state index contributed by atoms with van der Waals surface area (Å²) >= 11 is 0. The van der Waals surface area contributed by atoms with E-state index in [1.54, 1.807) is 18.2 Å². The van der Waals surface area contributed by atoms with Crippen molar-refractivity contribution in [1.82, 2.24) is 4.90 Å². The van der Waals surface area contributed by atoms with E-state index in [2.05, 4.69) is 5.32 Å². The number of aliphatic carboxylic acids is 1. The average Bonchev–Trinajstić information content (AvgIpc) is 2.98. The summed E-state index contributed by atoms with van der Waals surface area (Å²) in [5.41, 5.74) is 1.94. The molecule has 2 unspecified atom stereocenters. The Labute approximate surface area is 121 Å². The molecule has 0 aliphatic carbocycles. The molecule has 0 aromatic heterocycles. The van der Waals surface area contributed by atoms with Crippen LogP contribution in [-0.2, 0) is 16.0 Å². The predicted molar refractivity (Wildman–Crippen MR) is 75.0 cm³/mol. The van der Waals surface area contributed by atoms with Crippen molar-refractivity contribution in [2.45, 2.75) is 25.8 Å². The monoisotopic (exact) mass is 288 g/mol. The zero-order valence-electron chi connectivity index (χ0n) is 11.6. The van der Waals surface area contributed by atoms with Crippen molar-refractivity contribution in [3.63, 3.8) is 0 Å². The summed E-state index contributed by atoms with van der Waals surface area (Å²) in [7, 11) is 0. The van der Waals surface area contributed by atoms with Crippen molar-refractivity contribution in [1.29, 1.82) is 0 Å². The van der Waals surface area contributed by atoms with E-state index in [-0.39, 0.29) is 24.2 Å². The normalized spacial score (nSPS) is 23.9. The van der Waals surface area contributed by atoms with Crippen molar-refractivity contribution in [3.8, 4) is 0 Å². The van der Waals surface area contributed by atoms with E-state index in [1.165, 1.54) is 4.90 Å². The summed E-state index contributed by atoms with van der Waals surface area (Å²) in [6.45, 7) is 2.29. The molecule has 6 nitrogen and oxygen atoms in total. The Kier molecular flexibility index (Phi) is 3.16. The predicted octanol–water partition coefficient (Wildman–Crippen LogP) is 1.12. The van der Waals surface area contributed by atoms with Crippen LogP contribution in [0.5, 0.6) is 0 Å². The minimum atomic E-state index is -0.966. The molecule has 2 N–H and O–H groups in total. The molecule has 0 saturated carbocycles. The van der Waals surface area contributed by atoms with Gasteiger partial charge in [0.2, 0.25) is 5.91 Å². The SMILES string of the molecule is CC1CCN(C(=O)c2ccc3c(c2)CC(=O)N3)C1C(=O)O. The van der Waals surface area contributed by atoms with Gasteiger partial charge in [0.05, 0.1) is 6.42 Å². The van der Waals surface area contributed by atoms with E-state index in [4.69, 9.17) is 0 Å². The van der Waals surface area contributed by atoms with Crippen LogP contribution >= 0.6 is 0 Å². The van der Waals surface area contributed by atoms with Gasteiger partial charge in [-0.15, -0.1) is 0 Å². The number of carboxylic acid groups (broad SMARTS) is 1. The largest absolute Gasteiger partial charge is 0.480 e. The second kappa shape index (κ2) is 4.87. The minimum Gasteiger partial charge on any atom is -0.480 e. The van der Waals surface area contributed by atoms with E-state index in [9.17, 15) is 19.5 Å². The lowest BCUT2D eigenvalue weighted by molar-refractivity contribution is -0.142. The summed E-state index contributed by atoms with van der Waals surface area (Å²) in [5.74, 6) is -1.39. The van der Waals surface area contributed by atoms with Crippen LogP contribution in [0.4, 0.5) is 5.69 Å². The van der Waals surface area contributed by atoms with Crippen LogP contribution in [-0.4, -0.2) is 40.4 Å². The number of nitrogens with zero attached hydrogens (tertiary/aromatic N) is 1. The van der Waals surface area contributed by atoms with Gasteiger partial charge in [0.15, 0.2) is 0 Å². The highest BCUT2D eigenvalue weighted by molar-refractivity contribution is 6.02. The molecule has 2 atom stereocenters. The third kappa shape index (κ3) is 2.26. The molecule has 0 spiro atoms. The lowest BCUT2D eigenvalue weighted by Crippen LogP contribution is -2.42. The molecule has 1 aromatic carbocycles. The Morgan fingerprint density at radius 2 is 2.14 bits per heavy atom. The van der Waals surface area contributed by atoms with Gasteiger partial charge in [-0.05, 0) is 36.1 Å². The molecule has 2 heterocycles. The number of hydrogen-bond donors (Lipinski definition) is 2. The van der Waals surface area contributed by atoms with Gasteiger partial charge in [0.25, 0.3) is 5.91 Å². The topological polar surface area (TPSA) is 86.7 Å². The number of hydrogen-bond acceptors (Lipinski definition) is 3. The summed E-state index contributed by atoms with van der Waals surface area (Å²) in [5, 5.41) is 12.0. The summed E-state index contributed by atoms with van der Waals surface area (Å²) in [6.07, 6.45) is 0.947. The van der Waals surface area contributed by atoms with Crippen molar-refractivity contribution >= 4 is 23.5 Å². The lowest BCUT2D eigenvalue weighted by atomic mass is 10.0. The molecule has 6 heteroatoms. The van der Waals surface area contributed by atoms with Gasteiger partial charge in [0, 0.05) is 17.8 Å². The van der Waals surface area contributed by atoms with Crippen molar-refractivity contribution in [3.05, 3.63) is 29.3 Å². The molecule has 2 amide bonds. The van der Waals surface area contributed by atoms with Crippen molar-refractivity contribution in [2.75, 3.05) is 11.9 Å². The van der Waals surface area contributed by atoms with Crippen LogP contribution in [0.25, 0.3) is 0 Å². The second-order valence-corrected chi connectivity index (χ2v) is 5.64. The number of benzene rings is 1. The van der Waals surface area contributed by atoms with Gasteiger partial charge in [0.1, 0.15) is 6.04 Å². The van der Waals surface area contributed by atoms with E-state index in [0.717, 1.165) is 11.3 Å². The number of carbonyl (C=O) groups excluding carboxylic acids is 2. The number of carbonyl (C=O) groups is 3. The van der Waals surface area contributed by atoms with Crippen molar-refractivity contribution in [2.24, 2.45) is 5.92 Å². The summed E-state index contributed by atoms with van der Waals surface area (Å²) in [4.78, 5) is 36.6. The maximum atomic E-state index is 12.5. The molecule has 21 heavy (non-hydrogen) atoms. The number of anilines is 1. The Bertz CT molecular complexity index is 641. The highest BCUT2D eigenvalue weighted by atomic mass is 16.4. The highest BCUT2D eigenvalue weighted by Crippen LogP contribution is 2.28. The number of amides is 2. The van der Waals surface area contributed by atoms with E-state index < -0.39 is 12.0 Å². The first kappa shape index (κ1) is 13.6. The fourth-order valence-corrected chi connectivity index (χ4v) is 3.08. The van der Waals surface area contributed by atoms with Crippen molar-refractivity contribution < 1.29 is 19.5 Å². The Hall–Kier alpha value is -2.37. The van der Waals surface area contributed by atoms with E-state index in [1.807, 2.05) is 6.92 Å². The maximum Gasteiger partial charge on any atom is 0.326 e. The average molecular weight is 288 g/mol. The standard InChI is InChI=1S/C15H16N2O4/c1-8-4-5-17(13(8)15(20)21)14(19)9-2-3-11-10(6-9)7-12(18)16-11/h2-3,6,8,13H,4-5,7H2,1H3,(H,16,18)(H,20,21). The fourth-order valence-electron chi connectivity index (χ4n) is 3.08. The van der Waals surface area contributed by atoms with E-state index >= 15 is 0 Å². The van der Waals surface area contributed by atoms with Gasteiger partial charge in [-0.25, -0.2) is 4.79 Å². The minimum absolute atomic E-state index is 0.0517. The van der Waals surface area contributed by atoms with Crippen LogP contribution in [0.3, 0.4) is 0 Å². The van der Waals surface area contributed by atoms with Crippen LogP contribution in [0.15, 0.2) is 18.2 Å². The first-order valence-corrected chi connectivity index (χ1v) is 6.94. The number of likely N-dealkylation sites (tertiary alicyclic amines) is 1. The molecule has 0 bridgehead atoms. The first-order chi connectivity index (χ1) is 9.97. The molecule has 1 aromatic rings. The number of fused-ring (bicyclic) bond motifs is 1. The number of carboxylic acids is 1. The maximum absolute atomic E-state index is 12.5. The number of rotatable bonds is 2. The van der Waals surface area contributed by atoms with Gasteiger partial charge in [-0.3, -0.25) is 9.59 Å². The number of nitrogens with one attached hydrogen (secondary N) is 1. The van der Waals surface area contributed by atoms with Crippen LogP contribution in [0.1, 0.15) is 29.3 Å². The van der Waals surface area contributed by atoms with Crippen LogP contribution in [0, 0.1) is 5.92 Å².